The van der Waals surface area contributed by atoms with E-state index in [4.69, 9.17) is 11.6 Å². The van der Waals surface area contributed by atoms with E-state index in [9.17, 15) is 19.2 Å². The number of amides is 4. The van der Waals surface area contributed by atoms with E-state index in [1.165, 1.54) is 37.3 Å². The van der Waals surface area contributed by atoms with E-state index in [2.05, 4.69) is 30.8 Å². The fourth-order valence-corrected chi connectivity index (χ4v) is 3.46. The average Bonchev–Trinajstić information content (AvgIpc) is 2.81. The van der Waals surface area contributed by atoms with E-state index in [1.807, 2.05) is 7.05 Å². The quantitative estimate of drug-likeness (QED) is 0.490. The Hall–Kier alpha value is -3.57. The van der Waals surface area contributed by atoms with Gasteiger partial charge in [0.1, 0.15) is 17.6 Å². The summed E-state index contributed by atoms with van der Waals surface area (Å²) in [6, 6.07) is 3.56. The van der Waals surface area contributed by atoms with Gasteiger partial charge in [-0.2, -0.15) is 0 Å². The minimum Gasteiger partial charge on any atom is -0.347 e. The Labute approximate surface area is 201 Å². The summed E-state index contributed by atoms with van der Waals surface area (Å²) < 4.78 is 0. The third kappa shape index (κ3) is 6.49. The fourth-order valence-electron chi connectivity index (χ4n) is 3.34. The standard InChI is InChI=1S/C22H26ClN7O4/c1-29(2)22(34)17(11-26-20(32)21(33)28-18-5-4-15(23)10-25-18)27-19(31)16-8-14-12-30(3)7-6-13(14)9-24-16/h4-5,8-10,17H,6-7,11-12H2,1-3H3,(H,26,32)(H,27,31)(H,25,28,33). The van der Waals surface area contributed by atoms with Crippen LogP contribution >= 0.6 is 11.6 Å². The maximum atomic E-state index is 12.8. The molecule has 11 nitrogen and oxygen atoms in total. The second-order valence-corrected chi connectivity index (χ2v) is 8.55. The summed E-state index contributed by atoms with van der Waals surface area (Å²) in [5, 5.41) is 7.68. The van der Waals surface area contributed by atoms with Gasteiger partial charge in [-0.25, -0.2) is 4.98 Å². The largest absolute Gasteiger partial charge is 0.347 e. The Kier molecular flexibility index (Phi) is 8.13. The third-order valence-electron chi connectivity index (χ3n) is 5.20. The molecule has 2 aromatic rings. The van der Waals surface area contributed by atoms with Gasteiger partial charge in [-0.15, -0.1) is 0 Å². The lowest BCUT2D eigenvalue weighted by atomic mass is 10.0. The van der Waals surface area contributed by atoms with Crippen LogP contribution < -0.4 is 16.0 Å². The normalized spacial score (nSPS) is 13.9. The zero-order chi connectivity index (χ0) is 24.8. The first kappa shape index (κ1) is 25.1. The van der Waals surface area contributed by atoms with Crippen LogP contribution in [0.1, 0.15) is 21.6 Å². The van der Waals surface area contributed by atoms with Crippen LogP contribution in [0.2, 0.25) is 5.02 Å². The minimum absolute atomic E-state index is 0.142. The van der Waals surface area contributed by atoms with Gasteiger partial charge in [0.25, 0.3) is 5.91 Å². The van der Waals surface area contributed by atoms with Gasteiger partial charge in [-0.05, 0) is 42.8 Å². The number of aromatic nitrogens is 2. The first-order valence-electron chi connectivity index (χ1n) is 10.5. The molecule has 0 spiro atoms. The molecule has 0 fully saturated rings. The second kappa shape index (κ2) is 11.0. The van der Waals surface area contributed by atoms with Crippen molar-refractivity contribution in [3.8, 4) is 0 Å². The number of pyridine rings is 2. The molecule has 0 radical (unpaired) electrons. The lowest BCUT2D eigenvalue weighted by Crippen LogP contribution is -2.53. The number of fused-ring (bicyclic) bond motifs is 1. The molecule has 3 rings (SSSR count). The molecular formula is C22H26ClN7O4. The maximum absolute atomic E-state index is 12.8. The fraction of sp³-hybridized carbons (Fsp3) is 0.364. The molecule has 34 heavy (non-hydrogen) atoms. The number of nitrogens with one attached hydrogen (secondary N) is 3. The van der Waals surface area contributed by atoms with Gasteiger partial charge < -0.3 is 25.8 Å². The van der Waals surface area contributed by atoms with Crippen LogP contribution in [0.3, 0.4) is 0 Å². The molecule has 0 aromatic carbocycles. The molecule has 4 amide bonds. The smallest absolute Gasteiger partial charge is 0.314 e. The van der Waals surface area contributed by atoms with Gasteiger partial charge >= 0.3 is 11.8 Å². The maximum Gasteiger partial charge on any atom is 0.314 e. The molecule has 0 bridgehead atoms. The Bertz CT molecular complexity index is 1090. The van der Waals surface area contributed by atoms with Crippen LogP contribution in [-0.4, -0.2) is 83.7 Å². The molecule has 12 heteroatoms. The molecule has 1 aliphatic rings. The van der Waals surface area contributed by atoms with Crippen molar-refractivity contribution in [2.75, 3.05) is 39.5 Å². The predicted molar refractivity (Wildman–Crippen MR) is 125 cm³/mol. The van der Waals surface area contributed by atoms with Crippen LogP contribution in [-0.2, 0) is 27.3 Å². The van der Waals surface area contributed by atoms with Crippen molar-refractivity contribution in [3.05, 3.63) is 52.4 Å². The molecule has 0 aliphatic carbocycles. The van der Waals surface area contributed by atoms with E-state index in [-0.39, 0.29) is 18.1 Å². The molecule has 3 heterocycles. The van der Waals surface area contributed by atoms with Crippen LogP contribution in [0.5, 0.6) is 0 Å². The highest BCUT2D eigenvalue weighted by atomic mass is 35.5. The zero-order valence-electron chi connectivity index (χ0n) is 19.1. The summed E-state index contributed by atoms with van der Waals surface area (Å²) in [5.74, 6) is -2.83. The first-order valence-corrected chi connectivity index (χ1v) is 10.9. The molecular weight excluding hydrogens is 462 g/mol. The number of nitrogens with zero attached hydrogens (tertiary/aromatic N) is 4. The number of hydrogen-bond acceptors (Lipinski definition) is 7. The number of hydrogen-bond donors (Lipinski definition) is 3. The summed E-state index contributed by atoms with van der Waals surface area (Å²) in [4.78, 5) is 61.3. The molecule has 0 saturated heterocycles. The van der Waals surface area contributed by atoms with Crippen molar-refractivity contribution in [2.24, 2.45) is 0 Å². The lowest BCUT2D eigenvalue weighted by molar-refractivity contribution is -0.136. The molecule has 0 saturated carbocycles. The minimum atomic E-state index is -1.10. The number of likely N-dealkylation sites (N-methyl/N-ethyl adjacent to an activating group) is 2. The van der Waals surface area contributed by atoms with Gasteiger partial charge in [0, 0.05) is 46.1 Å². The van der Waals surface area contributed by atoms with Gasteiger partial charge in [0.05, 0.1) is 5.02 Å². The molecule has 2 aromatic heterocycles. The molecule has 3 N–H and O–H groups in total. The highest BCUT2D eigenvalue weighted by Crippen LogP contribution is 2.18. The summed E-state index contributed by atoms with van der Waals surface area (Å²) in [6.45, 7) is 1.32. The predicted octanol–water partition coefficient (Wildman–Crippen LogP) is 0.0594. The lowest BCUT2D eigenvalue weighted by Gasteiger charge is -2.25. The molecule has 1 atom stereocenters. The number of carbonyl (C=O) groups excluding carboxylic acids is 4. The van der Waals surface area contributed by atoms with Crippen molar-refractivity contribution in [1.82, 2.24) is 30.4 Å². The number of halogens is 1. The first-order chi connectivity index (χ1) is 16.1. The Morgan fingerprint density at radius 3 is 2.56 bits per heavy atom. The van der Waals surface area contributed by atoms with E-state index < -0.39 is 29.7 Å². The van der Waals surface area contributed by atoms with Crippen molar-refractivity contribution in [3.63, 3.8) is 0 Å². The highest BCUT2D eigenvalue weighted by molar-refractivity contribution is 6.39. The summed E-state index contributed by atoms with van der Waals surface area (Å²) >= 11 is 5.75. The Balaban J connectivity index is 1.64. The Morgan fingerprint density at radius 2 is 1.88 bits per heavy atom. The van der Waals surface area contributed by atoms with Crippen LogP contribution in [0, 0.1) is 0 Å². The SMILES string of the molecule is CN1CCc2cnc(C(=O)NC(CNC(=O)C(=O)Nc3ccc(Cl)cn3)C(=O)N(C)C)cc2C1. The number of rotatable bonds is 6. The van der Waals surface area contributed by atoms with Gasteiger partial charge in [0.15, 0.2) is 0 Å². The molecule has 1 unspecified atom stereocenters. The van der Waals surface area contributed by atoms with Crippen molar-refractivity contribution < 1.29 is 19.2 Å². The molecule has 180 valence electrons. The summed E-state index contributed by atoms with van der Waals surface area (Å²) in [5.41, 5.74) is 2.26. The van der Waals surface area contributed by atoms with Gasteiger partial charge in [-0.3, -0.25) is 24.2 Å². The summed E-state index contributed by atoms with van der Waals surface area (Å²) in [7, 11) is 5.04. The van der Waals surface area contributed by atoms with Crippen LogP contribution in [0.4, 0.5) is 5.82 Å². The highest BCUT2D eigenvalue weighted by Gasteiger charge is 2.26. The van der Waals surface area contributed by atoms with Gasteiger partial charge in [0.2, 0.25) is 5.91 Å². The monoisotopic (exact) mass is 487 g/mol. The van der Waals surface area contributed by atoms with E-state index in [0.717, 1.165) is 24.1 Å². The number of carbonyl (C=O) groups is 4. The van der Waals surface area contributed by atoms with Crippen LogP contribution in [0.15, 0.2) is 30.6 Å². The average molecular weight is 488 g/mol. The van der Waals surface area contributed by atoms with E-state index in [1.54, 1.807) is 12.3 Å². The van der Waals surface area contributed by atoms with Crippen molar-refractivity contribution in [1.29, 1.82) is 0 Å². The van der Waals surface area contributed by atoms with E-state index in [0.29, 0.717) is 11.6 Å². The van der Waals surface area contributed by atoms with Gasteiger partial charge in [-0.1, -0.05) is 11.6 Å². The van der Waals surface area contributed by atoms with Crippen molar-refractivity contribution >= 4 is 41.0 Å². The van der Waals surface area contributed by atoms with Crippen molar-refractivity contribution in [2.45, 2.75) is 19.0 Å². The topological polar surface area (TPSA) is 137 Å². The second-order valence-electron chi connectivity index (χ2n) is 8.11. The van der Waals surface area contributed by atoms with E-state index >= 15 is 0 Å². The zero-order valence-corrected chi connectivity index (χ0v) is 19.8. The molecule has 1 aliphatic heterocycles. The third-order valence-corrected chi connectivity index (χ3v) is 5.43. The number of anilines is 1. The Morgan fingerprint density at radius 1 is 1.12 bits per heavy atom. The summed E-state index contributed by atoms with van der Waals surface area (Å²) in [6.07, 6.45) is 3.85. The van der Waals surface area contributed by atoms with Crippen LogP contribution in [0.25, 0.3) is 0 Å².